The summed E-state index contributed by atoms with van der Waals surface area (Å²) < 4.78 is 0. The number of rotatable bonds is 6. The first-order valence-corrected chi connectivity index (χ1v) is 7.15. The number of hydrogen-bond acceptors (Lipinski definition) is 5. The van der Waals surface area contributed by atoms with Crippen molar-refractivity contribution in [1.82, 2.24) is 15.3 Å². The first-order chi connectivity index (χ1) is 9.15. The summed E-state index contributed by atoms with van der Waals surface area (Å²) in [6.07, 6.45) is 4.16. The lowest BCUT2D eigenvalue weighted by Crippen LogP contribution is -2.29. The third-order valence-corrected chi connectivity index (χ3v) is 3.37. The van der Waals surface area contributed by atoms with Gasteiger partial charge in [-0.3, -0.25) is 0 Å². The maximum absolute atomic E-state index is 4.33. The topological polar surface area (TPSA) is 53.1 Å². The summed E-state index contributed by atoms with van der Waals surface area (Å²) in [7, 11) is 2.07. The minimum atomic E-state index is 0.576. The molecule has 0 bridgehead atoms. The molecule has 0 amide bonds. The molecular formula is C14H25N5. The van der Waals surface area contributed by atoms with Crippen molar-refractivity contribution >= 4 is 11.6 Å². The predicted molar refractivity (Wildman–Crippen MR) is 79.7 cm³/mol. The molecule has 0 aromatic carbocycles. The molecule has 2 heterocycles. The molecule has 1 aliphatic heterocycles. The fraction of sp³-hybridized carbons (Fsp3) is 0.714. The van der Waals surface area contributed by atoms with Crippen LogP contribution in [0.3, 0.4) is 0 Å². The summed E-state index contributed by atoms with van der Waals surface area (Å²) in [5.41, 5.74) is 0. The van der Waals surface area contributed by atoms with Gasteiger partial charge in [0.15, 0.2) is 0 Å². The lowest BCUT2D eigenvalue weighted by molar-refractivity contribution is 0.630. The lowest BCUT2D eigenvalue weighted by atomic mass is 10.2. The molecule has 0 spiro atoms. The van der Waals surface area contributed by atoms with E-state index < -0.39 is 0 Å². The summed E-state index contributed by atoms with van der Waals surface area (Å²) >= 11 is 0. The molecule has 1 aromatic rings. The number of nitrogens with one attached hydrogen (secondary N) is 2. The highest BCUT2D eigenvalue weighted by atomic mass is 15.2. The zero-order valence-electron chi connectivity index (χ0n) is 12.2. The van der Waals surface area contributed by atoms with Gasteiger partial charge < -0.3 is 15.5 Å². The Bertz CT molecular complexity index is 387. The Kier molecular flexibility index (Phi) is 4.96. The van der Waals surface area contributed by atoms with Crippen LogP contribution >= 0.6 is 0 Å². The largest absolute Gasteiger partial charge is 0.368 e. The molecule has 1 aromatic heterocycles. The molecule has 19 heavy (non-hydrogen) atoms. The minimum Gasteiger partial charge on any atom is -0.368 e. The maximum atomic E-state index is 4.33. The minimum absolute atomic E-state index is 0.576. The summed E-state index contributed by atoms with van der Waals surface area (Å²) in [6.45, 7) is 7.49. The Morgan fingerprint density at radius 1 is 1.47 bits per heavy atom. The second-order valence-corrected chi connectivity index (χ2v) is 5.71. The zero-order chi connectivity index (χ0) is 13.7. The molecule has 2 N–H and O–H groups in total. The molecule has 1 fully saturated rings. The van der Waals surface area contributed by atoms with E-state index in [4.69, 9.17) is 0 Å². The average molecular weight is 263 g/mol. The van der Waals surface area contributed by atoms with E-state index in [1.54, 1.807) is 6.33 Å². The molecule has 1 aliphatic rings. The predicted octanol–water partition coefficient (Wildman–Crippen LogP) is 1.73. The van der Waals surface area contributed by atoms with Gasteiger partial charge in [0, 0.05) is 32.2 Å². The molecule has 5 nitrogen and oxygen atoms in total. The van der Waals surface area contributed by atoms with Crippen LogP contribution in [-0.2, 0) is 0 Å². The van der Waals surface area contributed by atoms with Gasteiger partial charge in [-0.05, 0) is 25.3 Å². The van der Waals surface area contributed by atoms with Gasteiger partial charge in [-0.25, -0.2) is 9.97 Å². The van der Waals surface area contributed by atoms with E-state index in [9.17, 15) is 0 Å². The van der Waals surface area contributed by atoms with E-state index in [0.29, 0.717) is 12.0 Å². The van der Waals surface area contributed by atoms with Crippen molar-refractivity contribution in [2.75, 3.05) is 36.9 Å². The Hall–Kier alpha value is -1.36. The van der Waals surface area contributed by atoms with E-state index in [1.165, 1.54) is 12.8 Å². The van der Waals surface area contributed by atoms with Crippen LogP contribution in [0.15, 0.2) is 12.4 Å². The highest BCUT2D eigenvalue weighted by Gasteiger charge is 2.13. The zero-order valence-corrected chi connectivity index (χ0v) is 12.2. The summed E-state index contributed by atoms with van der Waals surface area (Å²) in [5.74, 6) is 2.51. The van der Waals surface area contributed by atoms with Crippen molar-refractivity contribution in [2.45, 2.75) is 32.7 Å². The van der Waals surface area contributed by atoms with Gasteiger partial charge in [-0.2, -0.15) is 0 Å². The second kappa shape index (κ2) is 6.70. The Balaban J connectivity index is 1.90. The Labute approximate surface area is 115 Å². The normalized spacial score (nSPS) is 18.8. The first-order valence-electron chi connectivity index (χ1n) is 7.15. The van der Waals surface area contributed by atoms with E-state index >= 15 is 0 Å². The molecule has 0 saturated carbocycles. The van der Waals surface area contributed by atoms with Crippen LogP contribution in [0.2, 0.25) is 0 Å². The van der Waals surface area contributed by atoms with Crippen LogP contribution in [0.4, 0.5) is 11.6 Å². The summed E-state index contributed by atoms with van der Waals surface area (Å²) in [4.78, 5) is 10.8. The van der Waals surface area contributed by atoms with Gasteiger partial charge >= 0.3 is 0 Å². The summed E-state index contributed by atoms with van der Waals surface area (Å²) in [6, 6.07) is 2.60. The van der Waals surface area contributed by atoms with Crippen LogP contribution in [-0.4, -0.2) is 42.7 Å². The molecular weight excluding hydrogens is 238 g/mol. The van der Waals surface area contributed by atoms with Crippen LogP contribution < -0.4 is 15.5 Å². The number of anilines is 2. The second-order valence-electron chi connectivity index (χ2n) is 5.71. The number of hydrogen-bond donors (Lipinski definition) is 2. The molecule has 0 aliphatic carbocycles. The van der Waals surface area contributed by atoms with Crippen molar-refractivity contribution in [2.24, 2.45) is 5.92 Å². The highest BCUT2D eigenvalue weighted by molar-refractivity contribution is 5.48. The van der Waals surface area contributed by atoms with E-state index in [0.717, 1.165) is 31.3 Å². The van der Waals surface area contributed by atoms with Crippen LogP contribution in [0, 0.1) is 5.92 Å². The van der Waals surface area contributed by atoms with Gasteiger partial charge in [-0.1, -0.05) is 13.8 Å². The van der Waals surface area contributed by atoms with Gasteiger partial charge in [0.25, 0.3) is 0 Å². The van der Waals surface area contributed by atoms with Gasteiger partial charge in [0.05, 0.1) is 0 Å². The third-order valence-electron chi connectivity index (χ3n) is 3.37. The molecule has 1 saturated heterocycles. The van der Waals surface area contributed by atoms with Crippen molar-refractivity contribution in [3.63, 3.8) is 0 Å². The Morgan fingerprint density at radius 3 is 3.00 bits per heavy atom. The number of nitrogens with zero attached hydrogens (tertiary/aromatic N) is 3. The van der Waals surface area contributed by atoms with Gasteiger partial charge in [0.1, 0.15) is 18.0 Å². The van der Waals surface area contributed by atoms with Crippen molar-refractivity contribution in [1.29, 1.82) is 0 Å². The fourth-order valence-electron chi connectivity index (χ4n) is 2.45. The smallest absolute Gasteiger partial charge is 0.133 e. The van der Waals surface area contributed by atoms with Gasteiger partial charge in [-0.15, -0.1) is 0 Å². The maximum Gasteiger partial charge on any atom is 0.133 e. The summed E-state index contributed by atoms with van der Waals surface area (Å²) in [5, 5.41) is 6.87. The van der Waals surface area contributed by atoms with Gasteiger partial charge in [0.2, 0.25) is 0 Å². The molecule has 1 atom stereocenters. The number of aromatic nitrogens is 2. The standard InChI is InChI=1S/C14H25N5/c1-11(2)9-19(3)14-7-13(17-10-18-14)16-8-12-5-4-6-15-12/h7,10-12,15H,4-6,8-9H2,1-3H3,(H,16,17,18). The van der Waals surface area contributed by atoms with E-state index in [1.807, 2.05) is 6.07 Å². The van der Waals surface area contributed by atoms with Crippen molar-refractivity contribution in [3.05, 3.63) is 12.4 Å². The highest BCUT2D eigenvalue weighted by Crippen LogP contribution is 2.14. The quantitative estimate of drug-likeness (QED) is 0.818. The third kappa shape index (κ3) is 4.35. The molecule has 5 heteroatoms. The average Bonchev–Trinajstić information content (AvgIpc) is 2.89. The fourth-order valence-corrected chi connectivity index (χ4v) is 2.45. The monoisotopic (exact) mass is 263 g/mol. The Morgan fingerprint density at radius 2 is 2.32 bits per heavy atom. The van der Waals surface area contributed by atoms with Crippen molar-refractivity contribution < 1.29 is 0 Å². The molecule has 2 rings (SSSR count). The first kappa shape index (κ1) is 14.1. The van der Waals surface area contributed by atoms with E-state index in [2.05, 4.69) is 46.4 Å². The van der Waals surface area contributed by atoms with Crippen molar-refractivity contribution in [3.8, 4) is 0 Å². The SMILES string of the molecule is CC(C)CN(C)c1cc(NCC2CCCN2)ncn1. The molecule has 0 radical (unpaired) electrons. The van der Waals surface area contributed by atoms with Crippen LogP contribution in [0.1, 0.15) is 26.7 Å². The van der Waals surface area contributed by atoms with Crippen LogP contribution in [0.5, 0.6) is 0 Å². The molecule has 1 unspecified atom stereocenters. The van der Waals surface area contributed by atoms with Crippen LogP contribution in [0.25, 0.3) is 0 Å². The molecule has 106 valence electrons. The van der Waals surface area contributed by atoms with E-state index in [-0.39, 0.29) is 0 Å². The lowest BCUT2D eigenvalue weighted by Gasteiger charge is -2.21.